The Labute approximate surface area is 167 Å². The molecule has 0 amide bonds. The van der Waals surface area contributed by atoms with E-state index in [1.54, 1.807) is 24.3 Å². The molecular formula is C20H36O4SSi2. The Morgan fingerprint density at radius 2 is 1.63 bits per heavy atom. The maximum absolute atomic E-state index is 12.2. The summed E-state index contributed by atoms with van der Waals surface area (Å²) in [4.78, 5) is 0.153. The average molecular weight is 429 g/mol. The van der Waals surface area contributed by atoms with Crippen molar-refractivity contribution in [1.29, 1.82) is 0 Å². The Hall–Kier alpha value is -0.736. The molecule has 2 atom stereocenters. The van der Waals surface area contributed by atoms with Gasteiger partial charge in [-0.25, -0.2) is 0 Å². The second kappa shape index (κ2) is 9.65. The fourth-order valence-electron chi connectivity index (χ4n) is 2.60. The third-order valence-corrected chi connectivity index (χ3v) is 9.64. The Kier molecular flexibility index (Phi) is 8.68. The van der Waals surface area contributed by atoms with Crippen molar-refractivity contribution in [2.75, 3.05) is 6.61 Å². The monoisotopic (exact) mass is 428 g/mol. The summed E-state index contributed by atoms with van der Waals surface area (Å²) in [5.74, 6) is 0. The van der Waals surface area contributed by atoms with Crippen LogP contribution in [0.25, 0.3) is 0 Å². The molecule has 4 nitrogen and oxygen atoms in total. The van der Waals surface area contributed by atoms with Gasteiger partial charge in [-0.05, 0) is 37.4 Å². The standard InChI is InChI=1S/C20H36O4SSi2/c1-17-8-10-19(11-9-17)25(22,23)24-14-12-18(21)16-20(27(5,6)7)13-15-26(2,3)4/h8-11,13,15,18,20-21H,12,14,16H2,1-7H3/b15-13+/t18-,20?/m0/s1. The van der Waals surface area contributed by atoms with Gasteiger partial charge >= 0.3 is 0 Å². The third-order valence-electron chi connectivity index (χ3n) is 4.47. The van der Waals surface area contributed by atoms with Crippen molar-refractivity contribution in [2.45, 2.75) is 75.6 Å². The fourth-order valence-corrected chi connectivity index (χ4v) is 6.18. The number of aryl methyl sites for hydroxylation is 1. The van der Waals surface area contributed by atoms with Crippen LogP contribution in [-0.4, -0.2) is 42.4 Å². The van der Waals surface area contributed by atoms with Crippen LogP contribution >= 0.6 is 0 Å². The lowest BCUT2D eigenvalue weighted by Crippen LogP contribution is -2.31. The molecule has 0 bridgehead atoms. The molecule has 0 fully saturated rings. The van der Waals surface area contributed by atoms with Gasteiger partial charge in [0, 0.05) is 0 Å². The van der Waals surface area contributed by atoms with Gasteiger partial charge in [0.05, 0.1) is 33.8 Å². The molecule has 1 rings (SSSR count). The van der Waals surface area contributed by atoms with Crippen molar-refractivity contribution in [3.8, 4) is 0 Å². The average Bonchev–Trinajstić information content (AvgIpc) is 2.49. The molecule has 1 aromatic rings. The summed E-state index contributed by atoms with van der Waals surface area (Å²) >= 11 is 0. The SMILES string of the molecule is Cc1ccc(S(=O)(=O)OCC[C@H](O)CC(/C=C/[Si](C)(C)C)[Si](C)(C)C)cc1. The summed E-state index contributed by atoms with van der Waals surface area (Å²) in [7, 11) is -6.52. The van der Waals surface area contributed by atoms with Crippen molar-refractivity contribution < 1.29 is 17.7 Å². The highest BCUT2D eigenvalue weighted by molar-refractivity contribution is 7.86. The predicted molar refractivity (Wildman–Crippen MR) is 119 cm³/mol. The molecule has 0 aliphatic carbocycles. The quantitative estimate of drug-likeness (QED) is 0.421. The Bertz CT molecular complexity index is 714. The van der Waals surface area contributed by atoms with E-state index in [1.807, 2.05) is 6.92 Å². The predicted octanol–water partition coefficient (Wildman–Crippen LogP) is 4.98. The molecule has 154 valence electrons. The molecule has 0 spiro atoms. The molecule has 1 N–H and O–H groups in total. The van der Waals surface area contributed by atoms with Crippen LogP contribution in [0.5, 0.6) is 0 Å². The van der Waals surface area contributed by atoms with Crippen molar-refractivity contribution in [1.82, 2.24) is 0 Å². The van der Waals surface area contributed by atoms with Crippen LogP contribution in [0.4, 0.5) is 0 Å². The van der Waals surface area contributed by atoms with Crippen molar-refractivity contribution in [2.24, 2.45) is 0 Å². The van der Waals surface area contributed by atoms with Crippen molar-refractivity contribution in [3.05, 3.63) is 41.6 Å². The van der Waals surface area contributed by atoms with Crippen molar-refractivity contribution in [3.63, 3.8) is 0 Å². The molecule has 0 saturated carbocycles. The second-order valence-corrected chi connectivity index (χ2v) is 21.6. The maximum Gasteiger partial charge on any atom is 0.296 e. The van der Waals surface area contributed by atoms with Gasteiger partial charge in [0.15, 0.2) is 0 Å². The van der Waals surface area contributed by atoms with E-state index in [0.717, 1.165) is 5.56 Å². The zero-order valence-electron chi connectivity index (χ0n) is 17.8. The molecule has 0 aliphatic heterocycles. The summed E-state index contributed by atoms with van der Waals surface area (Å²) in [5, 5.41) is 10.4. The van der Waals surface area contributed by atoms with E-state index >= 15 is 0 Å². The Balaban J connectivity index is 2.63. The minimum absolute atomic E-state index is 0.00642. The number of allylic oxidation sites excluding steroid dienone is 1. The van der Waals surface area contributed by atoms with Gasteiger partial charge in [-0.15, -0.1) is 0 Å². The summed E-state index contributed by atoms with van der Waals surface area (Å²) in [6.07, 6.45) is 2.70. The van der Waals surface area contributed by atoms with Gasteiger partial charge in [-0.3, -0.25) is 4.18 Å². The largest absolute Gasteiger partial charge is 0.393 e. The van der Waals surface area contributed by atoms with Gasteiger partial charge in [0.1, 0.15) is 0 Å². The van der Waals surface area contributed by atoms with Gasteiger partial charge in [0.2, 0.25) is 0 Å². The van der Waals surface area contributed by atoms with E-state index in [0.29, 0.717) is 18.4 Å². The summed E-state index contributed by atoms with van der Waals surface area (Å²) in [5.41, 5.74) is 3.71. The summed E-state index contributed by atoms with van der Waals surface area (Å²) < 4.78 is 29.6. The molecule has 7 heteroatoms. The minimum atomic E-state index is -3.77. The lowest BCUT2D eigenvalue weighted by molar-refractivity contribution is 0.133. The molecule has 0 saturated heterocycles. The Morgan fingerprint density at radius 3 is 2.11 bits per heavy atom. The zero-order chi connectivity index (χ0) is 20.9. The first-order valence-electron chi connectivity index (χ1n) is 9.54. The smallest absolute Gasteiger partial charge is 0.296 e. The van der Waals surface area contributed by atoms with Gasteiger partial charge in [0.25, 0.3) is 10.1 Å². The number of aliphatic hydroxyl groups excluding tert-OH is 1. The molecule has 0 heterocycles. The lowest BCUT2D eigenvalue weighted by Gasteiger charge is -2.29. The number of rotatable bonds is 10. The molecule has 0 aromatic heterocycles. The van der Waals surface area contributed by atoms with E-state index < -0.39 is 32.4 Å². The number of aliphatic hydroxyl groups is 1. The first-order chi connectivity index (χ1) is 12.2. The third kappa shape index (κ3) is 9.34. The van der Waals surface area contributed by atoms with Crippen LogP contribution in [0.2, 0.25) is 44.8 Å². The molecule has 0 aliphatic rings. The fraction of sp³-hybridized carbons (Fsp3) is 0.600. The number of hydrogen-bond acceptors (Lipinski definition) is 4. The van der Waals surface area contributed by atoms with Crippen LogP contribution in [0.1, 0.15) is 18.4 Å². The lowest BCUT2D eigenvalue weighted by atomic mass is 10.1. The molecular weight excluding hydrogens is 392 g/mol. The van der Waals surface area contributed by atoms with Crippen molar-refractivity contribution >= 4 is 26.3 Å². The highest BCUT2D eigenvalue weighted by Gasteiger charge is 2.27. The van der Waals surface area contributed by atoms with Crippen LogP contribution in [-0.2, 0) is 14.3 Å². The molecule has 0 radical (unpaired) electrons. The minimum Gasteiger partial charge on any atom is -0.393 e. The second-order valence-electron chi connectivity index (χ2n) is 9.47. The van der Waals surface area contributed by atoms with Crippen LogP contribution in [0, 0.1) is 6.92 Å². The Morgan fingerprint density at radius 1 is 1.07 bits per heavy atom. The highest BCUT2D eigenvalue weighted by Crippen LogP contribution is 2.30. The highest BCUT2D eigenvalue weighted by atomic mass is 32.2. The summed E-state index contributed by atoms with van der Waals surface area (Å²) in [6.45, 7) is 15.7. The first-order valence-corrected chi connectivity index (χ1v) is 18.1. The molecule has 1 unspecified atom stereocenters. The first kappa shape index (κ1) is 24.3. The van der Waals surface area contributed by atoms with Crippen LogP contribution < -0.4 is 0 Å². The molecule has 1 aromatic carbocycles. The van der Waals surface area contributed by atoms with Crippen LogP contribution in [0.3, 0.4) is 0 Å². The topological polar surface area (TPSA) is 63.6 Å². The van der Waals surface area contributed by atoms with Crippen LogP contribution in [0.15, 0.2) is 40.9 Å². The normalized spacial score (nSPS) is 15.9. The molecule has 27 heavy (non-hydrogen) atoms. The van der Waals surface area contributed by atoms with Gasteiger partial charge in [-0.1, -0.05) is 68.8 Å². The van der Waals surface area contributed by atoms with E-state index in [1.165, 1.54) is 0 Å². The van der Waals surface area contributed by atoms with Gasteiger partial charge in [-0.2, -0.15) is 8.42 Å². The maximum atomic E-state index is 12.2. The number of hydrogen-bond donors (Lipinski definition) is 1. The summed E-state index contributed by atoms with van der Waals surface area (Å²) in [6, 6.07) is 6.58. The van der Waals surface area contributed by atoms with E-state index in [9.17, 15) is 13.5 Å². The number of benzene rings is 1. The zero-order valence-corrected chi connectivity index (χ0v) is 20.6. The van der Waals surface area contributed by atoms with E-state index in [2.05, 4.69) is 51.1 Å². The van der Waals surface area contributed by atoms with E-state index in [-0.39, 0.29) is 11.5 Å². The van der Waals surface area contributed by atoms with E-state index in [4.69, 9.17) is 4.18 Å². The van der Waals surface area contributed by atoms with Gasteiger partial charge < -0.3 is 5.11 Å².